The van der Waals surface area contributed by atoms with E-state index in [4.69, 9.17) is 9.47 Å². The molecule has 4 aromatic rings. The monoisotopic (exact) mass is 450 g/mol. The highest BCUT2D eigenvalue weighted by Gasteiger charge is 2.14. The van der Waals surface area contributed by atoms with Crippen LogP contribution in [0.4, 0.5) is 0 Å². The van der Waals surface area contributed by atoms with Crippen molar-refractivity contribution in [1.29, 1.82) is 0 Å². The summed E-state index contributed by atoms with van der Waals surface area (Å²) in [5.41, 5.74) is 6.59. The molecule has 0 aliphatic heterocycles. The largest absolute Gasteiger partial charge is 0.488 e. The summed E-state index contributed by atoms with van der Waals surface area (Å²) in [6, 6.07) is 35.2. The lowest BCUT2D eigenvalue weighted by Crippen LogP contribution is -2.33. The van der Waals surface area contributed by atoms with E-state index in [1.165, 1.54) is 0 Å². The molecule has 5 nitrogen and oxygen atoms in total. The summed E-state index contributed by atoms with van der Waals surface area (Å²) in [6.45, 7) is 2.14. The number of carbonyl (C=O) groups is 1. The Morgan fingerprint density at radius 2 is 1.44 bits per heavy atom. The molecule has 1 N–H and O–H groups in total. The van der Waals surface area contributed by atoms with Crippen LogP contribution in [0.15, 0.2) is 114 Å². The quantitative estimate of drug-likeness (QED) is 0.257. The minimum atomic E-state index is -0.704. The first-order valence-corrected chi connectivity index (χ1v) is 11.1. The van der Waals surface area contributed by atoms with Crippen LogP contribution in [0.1, 0.15) is 18.1 Å². The number of para-hydroxylation sites is 1. The van der Waals surface area contributed by atoms with Crippen molar-refractivity contribution in [3.8, 4) is 22.6 Å². The van der Waals surface area contributed by atoms with Crippen LogP contribution < -0.4 is 14.9 Å². The SMILES string of the molecule is CC(Oc1ccc(-c2ccccc2)cc1)C(=O)N/N=C/c1ccccc1OCc1ccccc1. The summed E-state index contributed by atoms with van der Waals surface area (Å²) >= 11 is 0. The maximum atomic E-state index is 12.4. The lowest BCUT2D eigenvalue weighted by Gasteiger charge is -2.13. The number of benzene rings is 4. The first kappa shape index (κ1) is 22.8. The Kier molecular flexibility index (Phi) is 7.70. The molecular formula is C29H26N2O3. The van der Waals surface area contributed by atoms with E-state index >= 15 is 0 Å². The molecule has 0 fully saturated rings. The van der Waals surface area contributed by atoms with Gasteiger partial charge in [-0.1, -0.05) is 84.9 Å². The first-order valence-electron chi connectivity index (χ1n) is 11.1. The highest BCUT2D eigenvalue weighted by molar-refractivity contribution is 5.86. The fourth-order valence-electron chi connectivity index (χ4n) is 3.32. The van der Waals surface area contributed by atoms with Gasteiger partial charge in [0, 0.05) is 5.56 Å². The molecule has 1 amide bonds. The minimum absolute atomic E-state index is 0.342. The molecular weight excluding hydrogens is 424 g/mol. The first-order chi connectivity index (χ1) is 16.7. The zero-order valence-electron chi connectivity index (χ0n) is 18.9. The Morgan fingerprint density at radius 3 is 2.18 bits per heavy atom. The van der Waals surface area contributed by atoms with E-state index in [9.17, 15) is 4.79 Å². The summed E-state index contributed by atoms with van der Waals surface area (Å²) < 4.78 is 11.7. The second-order valence-electron chi connectivity index (χ2n) is 7.70. The van der Waals surface area contributed by atoms with Crippen molar-refractivity contribution in [3.05, 3.63) is 120 Å². The van der Waals surface area contributed by atoms with Crippen LogP contribution in [0.25, 0.3) is 11.1 Å². The zero-order valence-corrected chi connectivity index (χ0v) is 18.9. The van der Waals surface area contributed by atoms with Gasteiger partial charge in [-0.25, -0.2) is 5.43 Å². The van der Waals surface area contributed by atoms with Crippen LogP contribution in [-0.2, 0) is 11.4 Å². The van der Waals surface area contributed by atoms with Gasteiger partial charge in [0.15, 0.2) is 6.10 Å². The van der Waals surface area contributed by atoms with Crippen molar-refractivity contribution in [2.24, 2.45) is 5.10 Å². The number of ether oxygens (including phenoxy) is 2. The number of carbonyl (C=O) groups excluding carboxylic acids is 1. The lowest BCUT2D eigenvalue weighted by molar-refractivity contribution is -0.127. The molecule has 0 aliphatic carbocycles. The van der Waals surface area contributed by atoms with E-state index in [0.717, 1.165) is 22.3 Å². The molecule has 0 heterocycles. The average Bonchev–Trinajstić information content (AvgIpc) is 2.89. The van der Waals surface area contributed by atoms with Gasteiger partial charge in [0.05, 0.1) is 6.21 Å². The molecule has 4 aromatic carbocycles. The zero-order chi connectivity index (χ0) is 23.6. The van der Waals surface area contributed by atoms with Crippen molar-refractivity contribution in [3.63, 3.8) is 0 Å². The molecule has 0 aliphatic rings. The number of hydrogen-bond acceptors (Lipinski definition) is 4. The van der Waals surface area contributed by atoms with Crippen molar-refractivity contribution >= 4 is 12.1 Å². The molecule has 1 atom stereocenters. The molecule has 0 bridgehead atoms. The standard InChI is InChI=1S/C29H26N2O3/c1-22(34-27-18-16-25(17-19-27)24-12-6-3-7-13-24)29(32)31-30-20-26-14-8-9-15-28(26)33-21-23-10-4-2-5-11-23/h2-20,22H,21H2,1H3,(H,31,32)/b30-20+. The predicted molar refractivity (Wildman–Crippen MR) is 135 cm³/mol. The third-order valence-electron chi connectivity index (χ3n) is 5.18. The number of amides is 1. The number of hydrogen-bond donors (Lipinski definition) is 1. The Labute approximate surface area is 199 Å². The van der Waals surface area contributed by atoms with Crippen LogP contribution in [-0.4, -0.2) is 18.2 Å². The fourth-order valence-corrected chi connectivity index (χ4v) is 3.32. The predicted octanol–water partition coefficient (Wildman–Crippen LogP) is 5.85. The number of hydrazone groups is 1. The third kappa shape index (κ3) is 6.33. The number of rotatable bonds is 9. The molecule has 0 spiro atoms. The third-order valence-corrected chi connectivity index (χ3v) is 5.18. The second-order valence-corrected chi connectivity index (χ2v) is 7.70. The van der Waals surface area contributed by atoms with E-state index in [1.807, 2.05) is 97.1 Å². The van der Waals surface area contributed by atoms with Crippen LogP contribution in [0, 0.1) is 0 Å². The maximum Gasteiger partial charge on any atom is 0.280 e. The highest BCUT2D eigenvalue weighted by atomic mass is 16.5. The van der Waals surface area contributed by atoms with Gasteiger partial charge in [-0.05, 0) is 47.9 Å². The summed E-state index contributed by atoms with van der Waals surface area (Å²) in [6.07, 6.45) is 0.865. The van der Waals surface area contributed by atoms with Crippen molar-refractivity contribution < 1.29 is 14.3 Å². The lowest BCUT2D eigenvalue weighted by atomic mass is 10.1. The Balaban J connectivity index is 1.30. The Morgan fingerprint density at radius 1 is 0.824 bits per heavy atom. The van der Waals surface area contributed by atoms with E-state index in [2.05, 4.69) is 22.7 Å². The van der Waals surface area contributed by atoms with Gasteiger partial charge in [0.1, 0.15) is 18.1 Å². The van der Waals surface area contributed by atoms with E-state index in [0.29, 0.717) is 18.1 Å². The summed E-state index contributed by atoms with van der Waals surface area (Å²) in [5.74, 6) is 0.962. The second kappa shape index (κ2) is 11.5. The summed E-state index contributed by atoms with van der Waals surface area (Å²) in [7, 11) is 0. The van der Waals surface area contributed by atoms with E-state index in [1.54, 1.807) is 13.1 Å². The molecule has 0 aromatic heterocycles. The van der Waals surface area contributed by atoms with Gasteiger partial charge < -0.3 is 9.47 Å². The molecule has 0 saturated carbocycles. The van der Waals surface area contributed by atoms with Crippen LogP contribution in [0.5, 0.6) is 11.5 Å². The number of nitrogens with zero attached hydrogens (tertiary/aromatic N) is 1. The van der Waals surface area contributed by atoms with Crippen LogP contribution >= 0.6 is 0 Å². The Hall–Kier alpha value is -4.38. The van der Waals surface area contributed by atoms with Crippen molar-refractivity contribution in [1.82, 2.24) is 5.43 Å². The summed E-state index contributed by atoms with van der Waals surface area (Å²) in [4.78, 5) is 12.4. The minimum Gasteiger partial charge on any atom is -0.488 e. The van der Waals surface area contributed by atoms with Gasteiger partial charge in [-0.2, -0.15) is 5.10 Å². The molecule has 170 valence electrons. The van der Waals surface area contributed by atoms with Gasteiger partial charge in [0.2, 0.25) is 0 Å². The highest BCUT2D eigenvalue weighted by Crippen LogP contribution is 2.22. The molecule has 34 heavy (non-hydrogen) atoms. The van der Waals surface area contributed by atoms with Gasteiger partial charge >= 0.3 is 0 Å². The summed E-state index contributed by atoms with van der Waals surface area (Å²) in [5, 5.41) is 4.09. The molecule has 0 saturated heterocycles. The maximum absolute atomic E-state index is 12.4. The van der Waals surface area contributed by atoms with Gasteiger partial charge in [0.25, 0.3) is 5.91 Å². The van der Waals surface area contributed by atoms with Crippen LogP contribution in [0.2, 0.25) is 0 Å². The van der Waals surface area contributed by atoms with Gasteiger partial charge in [-0.3, -0.25) is 4.79 Å². The smallest absolute Gasteiger partial charge is 0.280 e. The van der Waals surface area contributed by atoms with Crippen molar-refractivity contribution in [2.75, 3.05) is 0 Å². The fraction of sp³-hybridized carbons (Fsp3) is 0.103. The molecule has 1 unspecified atom stereocenters. The molecule has 0 radical (unpaired) electrons. The average molecular weight is 451 g/mol. The van der Waals surface area contributed by atoms with Crippen LogP contribution in [0.3, 0.4) is 0 Å². The number of nitrogens with one attached hydrogen (secondary N) is 1. The molecule has 4 rings (SSSR count). The van der Waals surface area contributed by atoms with Crippen molar-refractivity contribution in [2.45, 2.75) is 19.6 Å². The Bertz CT molecular complexity index is 1220. The van der Waals surface area contributed by atoms with E-state index < -0.39 is 6.10 Å². The normalized spacial score (nSPS) is 11.7. The topological polar surface area (TPSA) is 59.9 Å². The van der Waals surface area contributed by atoms with Gasteiger partial charge in [-0.15, -0.1) is 0 Å². The molecule has 5 heteroatoms. The van der Waals surface area contributed by atoms with E-state index in [-0.39, 0.29) is 5.91 Å².